The van der Waals surface area contributed by atoms with Crippen LogP contribution in [0.2, 0.25) is 0 Å². The topological polar surface area (TPSA) is 0 Å². The number of benzene rings is 2. The normalized spacial score (nSPS) is 11.6. The van der Waals surface area contributed by atoms with Crippen LogP contribution in [0, 0.1) is 0 Å². The molecule has 0 fully saturated rings. The summed E-state index contributed by atoms with van der Waals surface area (Å²) >= 11 is 6.99. The first-order chi connectivity index (χ1) is 7.77. The SMILES string of the molecule is BrC(Br)=c1cccc2c1=Cc1ccccc1-2. The number of hydrogen-bond acceptors (Lipinski definition) is 0. The molecule has 0 aliphatic heterocycles. The molecule has 16 heavy (non-hydrogen) atoms. The third-order valence-electron chi connectivity index (χ3n) is 2.86. The molecule has 0 nitrogen and oxygen atoms in total. The molecule has 0 N–H and O–H groups in total. The van der Waals surface area contributed by atoms with Crippen molar-refractivity contribution in [2.75, 3.05) is 0 Å². The van der Waals surface area contributed by atoms with E-state index in [1.165, 1.54) is 27.1 Å². The van der Waals surface area contributed by atoms with Crippen LogP contribution in [0.4, 0.5) is 0 Å². The summed E-state index contributed by atoms with van der Waals surface area (Å²) in [7, 11) is 0. The van der Waals surface area contributed by atoms with Crippen LogP contribution in [0.1, 0.15) is 5.56 Å². The summed E-state index contributed by atoms with van der Waals surface area (Å²) in [5.74, 6) is 0. The summed E-state index contributed by atoms with van der Waals surface area (Å²) in [5, 5.41) is 2.49. The third kappa shape index (κ3) is 1.48. The smallest absolute Gasteiger partial charge is 0.0616 e. The van der Waals surface area contributed by atoms with Gasteiger partial charge in [0, 0.05) is 5.22 Å². The average Bonchev–Trinajstić information content (AvgIpc) is 2.67. The van der Waals surface area contributed by atoms with E-state index in [1.807, 2.05) is 0 Å². The largest absolute Gasteiger partial charge is 0.0682 e. The predicted octanol–water partition coefficient (Wildman–Crippen LogP) is 3.35. The number of rotatable bonds is 0. The molecule has 2 aromatic rings. The first-order valence-electron chi connectivity index (χ1n) is 5.03. The van der Waals surface area contributed by atoms with Crippen LogP contribution >= 0.6 is 31.9 Å². The second kappa shape index (κ2) is 3.86. The Morgan fingerprint density at radius 3 is 2.38 bits per heavy atom. The zero-order valence-electron chi connectivity index (χ0n) is 8.37. The molecule has 0 bridgehead atoms. The van der Waals surface area contributed by atoms with Gasteiger partial charge < -0.3 is 0 Å². The summed E-state index contributed by atoms with van der Waals surface area (Å²) in [6.07, 6.45) is 2.24. The highest BCUT2D eigenvalue weighted by atomic mass is 79.9. The fraction of sp³-hybridized carbons (Fsp3) is 0. The highest BCUT2D eigenvalue weighted by Crippen LogP contribution is 2.25. The Morgan fingerprint density at radius 1 is 0.812 bits per heavy atom. The van der Waals surface area contributed by atoms with Gasteiger partial charge in [0.2, 0.25) is 0 Å². The molecule has 0 radical (unpaired) electrons. The molecule has 0 unspecified atom stereocenters. The Bertz CT molecular complexity index is 680. The van der Waals surface area contributed by atoms with Gasteiger partial charge in [0.15, 0.2) is 0 Å². The second-order valence-corrected chi connectivity index (χ2v) is 6.41. The van der Waals surface area contributed by atoms with Gasteiger partial charge in [-0.05, 0) is 59.8 Å². The lowest BCUT2D eigenvalue weighted by Crippen LogP contribution is -2.24. The van der Waals surface area contributed by atoms with E-state index in [4.69, 9.17) is 0 Å². The molecule has 0 saturated heterocycles. The van der Waals surface area contributed by atoms with E-state index < -0.39 is 0 Å². The lowest BCUT2D eigenvalue weighted by atomic mass is 10.1. The van der Waals surface area contributed by atoms with Gasteiger partial charge in [-0.15, -0.1) is 0 Å². The fourth-order valence-corrected chi connectivity index (χ4v) is 2.84. The molecule has 3 rings (SSSR count). The van der Waals surface area contributed by atoms with Crippen molar-refractivity contribution in [2.24, 2.45) is 0 Å². The lowest BCUT2D eigenvalue weighted by molar-refractivity contribution is 1.54. The average molecular weight is 336 g/mol. The fourth-order valence-electron chi connectivity index (χ4n) is 2.14. The monoisotopic (exact) mass is 334 g/mol. The van der Waals surface area contributed by atoms with Crippen molar-refractivity contribution in [1.29, 1.82) is 0 Å². The molecule has 1 aliphatic carbocycles. The number of halogens is 2. The molecule has 0 aromatic heterocycles. The predicted molar refractivity (Wildman–Crippen MR) is 76.0 cm³/mol. The van der Waals surface area contributed by atoms with Crippen molar-refractivity contribution in [1.82, 2.24) is 0 Å². The van der Waals surface area contributed by atoms with Crippen molar-refractivity contribution in [3.63, 3.8) is 0 Å². The second-order valence-electron chi connectivity index (χ2n) is 3.76. The van der Waals surface area contributed by atoms with Gasteiger partial charge in [-0.25, -0.2) is 0 Å². The minimum absolute atomic E-state index is 1.00. The highest BCUT2D eigenvalue weighted by molar-refractivity contribution is 9.33. The molecule has 2 aromatic carbocycles. The third-order valence-corrected chi connectivity index (χ3v) is 3.71. The van der Waals surface area contributed by atoms with Crippen LogP contribution < -0.4 is 10.4 Å². The molecule has 0 heterocycles. The molecular formula is C14H8Br2. The van der Waals surface area contributed by atoms with Crippen molar-refractivity contribution in [3.8, 4) is 11.1 Å². The van der Waals surface area contributed by atoms with Gasteiger partial charge in [-0.2, -0.15) is 0 Å². The minimum atomic E-state index is 1.00. The van der Waals surface area contributed by atoms with Crippen molar-refractivity contribution in [2.45, 2.75) is 0 Å². The van der Waals surface area contributed by atoms with Crippen LogP contribution in [0.5, 0.6) is 0 Å². The first-order valence-corrected chi connectivity index (χ1v) is 6.61. The Balaban J connectivity index is 2.49. The Morgan fingerprint density at radius 2 is 1.56 bits per heavy atom. The molecule has 0 spiro atoms. The summed E-state index contributed by atoms with van der Waals surface area (Å²) in [5.41, 5.74) is 3.93. The molecular weight excluding hydrogens is 328 g/mol. The number of fused-ring (bicyclic) bond motifs is 3. The Labute approximate surface area is 111 Å². The standard InChI is InChI=1S/C14H8Br2/c15-14(16)12-7-3-6-11-10-5-2-1-4-9(10)8-13(11)12/h1-8H. The van der Waals surface area contributed by atoms with E-state index in [1.54, 1.807) is 0 Å². The Hall–Kier alpha value is -0.860. The maximum atomic E-state index is 3.49. The highest BCUT2D eigenvalue weighted by Gasteiger charge is 2.11. The maximum absolute atomic E-state index is 3.49. The van der Waals surface area contributed by atoms with E-state index in [0.717, 1.165) is 3.39 Å². The Kier molecular flexibility index (Phi) is 2.49. The number of hydrogen-bond donors (Lipinski definition) is 0. The first kappa shape index (κ1) is 10.3. The van der Waals surface area contributed by atoms with Crippen molar-refractivity contribution in [3.05, 3.63) is 58.5 Å². The van der Waals surface area contributed by atoms with E-state index >= 15 is 0 Å². The summed E-state index contributed by atoms with van der Waals surface area (Å²) in [4.78, 5) is 0. The van der Waals surface area contributed by atoms with Crippen LogP contribution in [0.3, 0.4) is 0 Å². The van der Waals surface area contributed by atoms with Crippen molar-refractivity contribution < 1.29 is 0 Å². The van der Waals surface area contributed by atoms with Crippen molar-refractivity contribution >= 4 is 41.3 Å². The maximum Gasteiger partial charge on any atom is 0.0682 e. The van der Waals surface area contributed by atoms with Gasteiger partial charge in [-0.1, -0.05) is 42.5 Å². The van der Waals surface area contributed by atoms with E-state index in [9.17, 15) is 0 Å². The van der Waals surface area contributed by atoms with Gasteiger partial charge in [0.05, 0.1) is 3.39 Å². The van der Waals surface area contributed by atoms with Crippen LogP contribution in [-0.4, -0.2) is 0 Å². The molecule has 1 aliphatic rings. The minimum Gasteiger partial charge on any atom is -0.0616 e. The molecule has 0 saturated carbocycles. The van der Waals surface area contributed by atoms with Gasteiger partial charge in [0.25, 0.3) is 0 Å². The summed E-state index contributed by atoms with van der Waals surface area (Å²) in [6, 6.07) is 14.9. The summed E-state index contributed by atoms with van der Waals surface area (Å²) < 4.78 is 1.00. The summed E-state index contributed by atoms with van der Waals surface area (Å²) in [6.45, 7) is 0. The van der Waals surface area contributed by atoms with Gasteiger partial charge >= 0.3 is 0 Å². The van der Waals surface area contributed by atoms with Crippen LogP contribution in [0.25, 0.3) is 20.6 Å². The van der Waals surface area contributed by atoms with E-state index in [2.05, 4.69) is 80.4 Å². The zero-order chi connectivity index (χ0) is 11.1. The molecule has 78 valence electrons. The lowest BCUT2D eigenvalue weighted by Gasteiger charge is -1.99. The van der Waals surface area contributed by atoms with Crippen LogP contribution in [-0.2, 0) is 0 Å². The van der Waals surface area contributed by atoms with E-state index in [-0.39, 0.29) is 0 Å². The molecule has 2 heteroatoms. The zero-order valence-corrected chi connectivity index (χ0v) is 11.5. The quantitative estimate of drug-likeness (QED) is 0.591. The van der Waals surface area contributed by atoms with E-state index in [0.29, 0.717) is 0 Å². The molecule has 0 atom stereocenters. The van der Waals surface area contributed by atoms with Crippen LogP contribution in [0.15, 0.2) is 42.5 Å². The van der Waals surface area contributed by atoms with Gasteiger partial charge in [0.1, 0.15) is 0 Å². The van der Waals surface area contributed by atoms with Gasteiger partial charge in [-0.3, -0.25) is 0 Å². The molecule has 0 amide bonds.